The predicted octanol–water partition coefficient (Wildman–Crippen LogP) is 2.34. The fourth-order valence-corrected chi connectivity index (χ4v) is 2.67. The van der Waals surface area contributed by atoms with Gasteiger partial charge in [-0.05, 0) is 17.7 Å². The molecule has 0 saturated heterocycles. The van der Waals surface area contributed by atoms with E-state index in [2.05, 4.69) is 16.3 Å². The molecule has 0 fully saturated rings. The van der Waals surface area contributed by atoms with Crippen molar-refractivity contribution in [3.63, 3.8) is 0 Å². The molecule has 22 heavy (non-hydrogen) atoms. The van der Waals surface area contributed by atoms with E-state index in [1.807, 2.05) is 0 Å². The Morgan fingerprint density at radius 1 is 1.45 bits per heavy atom. The molecule has 1 aromatic heterocycles. The van der Waals surface area contributed by atoms with Crippen LogP contribution >= 0.6 is 0 Å². The number of nitrogens with zero attached hydrogens (tertiary/aromatic N) is 2. The molecule has 0 spiro atoms. The Bertz CT molecular complexity index is 748. The van der Waals surface area contributed by atoms with Crippen LogP contribution in [0.3, 0.4) is 0 Å². The van der Waals surface area contributed by atoms with Crippen LogP contribution in [0.25, 0.3) is 0 Å². The van der Waals surface area contributed by atoms with Crippen LogP contribution in [0, 0.1) is 28.5 Å². The van der Waals surface area contributed by atoms with Crippen molar-refractivity contribution in [3.05, 3.63) is 46.9 Å². The summed E-state index contributed by atoms with van der Waals surface area (Å²) in [6.07, 6.45) is 0. The van der Waals surface area contributed by atoms with Gasteiger partial charge in [-0.1, -0.05) is 12.1 Å². The molecule has 2 heterocycles. The minimum atomic E-state index is -0.800. The zero-order chi connectivity index (χ0) is 15.7. The fraction of sp³-hybridized carbons (Fsp3) is 0.267. The number of halogens is 1. The first-order valence-corrected chi connectivity index (χ1v) is 6.63. The SMILES string of the molecule is COCc1[nH]nc2c1C(c1ccc(F)cc1)C(C#N)C(=N)O2. The number of nitriles is 1. The van der Waals surface area contributed by atoms with Crippen LogP contribution in [0.15, 0.2) is 24.3 Å². The molecular formula is C15H13FN4O2. The molecule has 1 aliphatic rings. The van der Waals surface area contributed by atoms with Crippen molar-refractivity contribution in [3.8, 4) is 11.9 Å². The molecule has 0 saturated carbocycles. The number of H-pyrrole nitrogens is 1. The third-order valence-electron chi connectivity index (χ3n) is 3.64. The molecular weight excluding hydrogens is 287 g/mol. The van der Waals surface area contributed by atoms with Gasteiger partial charge in [-0.3, -0.25) is 10.5 Å². The lowest BCUT2D eigenvalue weighted by molar-refractivity contribution is 0.180. The van der Waals surface area contributed by atoms with Gasteiger partial charge in [0.2, 0.25) is 11.8 Å². The first-order chi connectivity index (χ1) is 10.7. The van der Waals surface area contributed by atoms with E-state index in [1.165, 1.54) is 12.1 Å². The highest BCUT2D eigenvalue weighted by Gasteiger charge is 2.40. The molecule has 6 nitrogen and oxygen atoms in total. The summed E-state index contributed by atoms with van der Waals surface area (Å²) in [6, 6.07) is 7.97. The van der Waals surface area contributed by atoms with Crippen LogP contribution in [-0.2, 0) is 11.3 Å². The third kappa shape index (κ3) is 2.23. The number of aromatic amines is 1. The van der Waals surface area contributed by atoms with Crippen molar-refractivity contribution >= 4 is 5.90 Å². The highest BCUT2D eigenvalue weighted by molar-refractivity contribution is 5.84. The second-order valence-corrected chi connectivity index (χ2v) is 4.96. The maximum absolute atomic E-state index is 13.2. The maximum Gasteiger partial charge on any atom is 0.243 e. The summed E-state index contributed by atoms with van der Waals surface area (Å²) in [6.45, 7) is 0.273. The van der Waals surface area contributed by atoms with E-state index < -0.39 is 11.8 Å². The van der Waals surface area contributed by atoms with Crippen molar-refractivity contribution < 1.29 is 13.9 Å². The van der Waals surface area contributed by atoms with Gasteiger partial charge in [-0.15, -0.1) is 5.10 Å². The Balaban J connectivity index is 2.16. The smallest absolute Gasteiger partial charge is 0.243 e. The Morgan fingerprint density at radius 3 is 2.82 bits per heavy atom. The van der Waals surface area contributed by atoms with Gasteiger partial charge in [0.1, 0.15) is 11.7 Å². The summed E-state index contributed by atoms with van der Waals surface area (Å²) >= 11 is 0. The lowest BCUT2D eigenvalue weighted by atomic mass is 9.79. The summed E-state index contributed by atoms with van der Waals surface area (Å²) in [7, 11) is 1.55. The topological polar surface area (TPSA) is 94.8 Å². The van der Waals surface area contributed by atoms with Gasteiger partial charge in [0.15, 0.2) is 0 Å². The molecule has 0 aliphatic carbocycles. The van der Waals surface area contributed by atoms with Crippen molar-refractivity contribution in [1.82, 2.24) is 10.2 Å². The van der Waals surface area contributed by atoms with E-state index in [0.29, 0.717) is 11.3 Å². The number of nitrogens with one attached hydrogen (secondary N) is 2. The molecule has 2 N–H and O–H groups in total. The molecule has 2 unspecified atom stereocenters. The second kappa shape index (κ2) is 5.58. The van der Waals surface area contributed by atoms with Crippen molar-refractivity contribution in [1.29, 1.82) is 10.7 Å². The summed E-state index contributed by atoms with van der Waals surface area (Å²) in [5.74, 6) is -1.52. The van der Waals surface area contributed by atoms with Crippen molar-refractivity contribution in [2.45, 2.75) is 12.5 Å². The van der Waals surface area contributed by atoms with Crippen LogP contribution in [0.4, 0.5) is 4.39 Å². The Labute approximate surface area is 126 Å². The summed E-state index contributed by atoms with van der Waals surface area (Å²) in [5.41, 5.74) is 2.08. The lowest BCUT2D eigenvalue weighted by Crippen LogP contribution is -2.31. The Hall–Kier alpha value is -2.72. The normalized spacial score (nSPS) is 20.1. The van der Waals surface area contributed by atoms with E-state index in [-0.39, 0.29) is 24.2 Å². The monoisotopic (exact) mass is 300 g/mol. The van der Waals surface area contributed by atoms with Gasteiger partial charge in [0.05, 0.1) is 18.4 Å². The summed E-state index contributed by atoms with van der Waals surface area (Å²) in [4.78, 5) is 0. The van der Waals surface area contributed by atoms with Gasteiger partial charge in [-0.25, -0.2) is 4.39 Å². The Kier molecular flexibility index (Phi) is 3.61. The van der Waals surface area contributed by atoms with Crippen molar-refractivity contribution in [2.24, 2.45) is 5.92 Å². The first kappa shape index (κ1) is 14.2. The van der Waals surface area contributed by atoms with Crippen LogP contribution < -0.4 is 4.74 Å². The molecule has 1 aliphatic heterocycles. The van der Waals surface area contributed by atoms with E-state index >= 15 is 0 Å². The van der Waals surface area contributed by atoms with E-state index in [0.717, 1.165) is 5.56 Å². The van der Waals surface area contributed by atoms with Gasteiger partial charge in [0.25, 0.3) is 0 Å². The second-order valence-electron chi connectivity index (χ2n) is 4.96. The Morgan fingerprint density at radius 2 is 2.18 bits per heavy atom. The average molecular weight is 300 g/mol. The van der Waals surface area contributed by atoms with Crippen molar-refractivity contribution in [2.75, 3.05) is 7.11 Å². The zero-order valence-corrected chi connectivity index (χ0v) is 11.8. The highest BCUT2D eigenvalue weighted by atomic mass is 19.1. The van der Waals surface area contributed by atoms with Crippen LogP contribution in [0.5, 0.6) is 5.88 Å². The third-order valence-corrected chi connectivity index (χ3v) is 3.64. The van der Waals surface area contributed by atoms with E-state index in [9.17, 15) is 9.65 Å². The number of benzene rings is 1. The largest absolute Gasteiger partial charge is 0.422 e. The molecule has 0 radical (unpaired) electrons. The van der Waals surface area contributed by atoms with Crippen LogP contribution in [0.2, 0.25) is 0 Å². The van der Waals surface area contributed by atoms with E-state index in [1.54, 1.807) is 19.2 Å². The predicted molar refractivity (Wildman–Crippen MR) is 75.0 cm³/mol. The average Bonchev–Trinajstić information content (AvgIpc) is 2.90. The minimum absolute atomic E-state index is 0.167. The molecule has 7 heteroatoms. The number of fused-ring (bicyclic) bond motifs is 1. The number of methoxy groups -OCH3 is 1. The quantitative estimate of drug-likeness (QED) is 0.909. The maximum atomic E-state index is 13.2. The molecule has 2 aromatic rings. The summed E-state index contributed by atoms with van der Waals surface area (Å²) < 4.78 is 23.6. The van der Waals surface area contributed by atoms with Gasteiger partial charge >= 0.3 is 0 Å². The van der Waals surface area contributed by atoms with Gasteiger partial charge in [0, 0.05) is 18.6 Å². The number of aromatic nitrogens is 2. The van der Waals surface area contributed by atoms with Crippen LogP contribution in [0.1, 0.15) is 22.7 Å². The minimum Gasteiger partial charge on any atom is -0.422 e. The van der Waals surface area contributed by atoms with Crippen LogP contribution in [-0.4, -0.2) is 23.2 Å². The van der Waals surface area contributed by atoms with Gasteiger partial charge < -0.3 is 9.47 Å². The van der Waals surface area contributed by atoms with E-state index in [4.69, 9.17) is 14.9 Å². The first-order valence-electron chi connectivity index (χ1n) is 6.63. The molecule has 112 valence electrons. The molecule has 0 amide bonds. The molecule has 1 aromatic carbocycles. The molecule has 3 rings (SSSR count). The number of hydrogen-bond donors (Lipinski definition) is 2. The number of hydrogen-bond acceptors (Lipinski definition) is 5. The highest BCUT2D eigenvalue weighted by Crippen LogP contribution is 2.42. The fourth-order valence-electron chi connectivity index (χ4n) is 2.67. The number of rotatable bonds is 3. The standard InChI is InChI=1S/C15H13FN4O2/c1-21-7-11-13-12(8-2-4-9(16)5-3-8)10(6-17)14(18)22-15(13)20-19-11/h2-5,10,12,18H,7H2,1H3,(H,19,20). The van der Waals surface area contributed by atoms with Gasteiger partial charge in [-0.2, -0.15) is 5.26 Å². The lowest BCUT2D eigenvalue weighted by Gasteiger charge is -2.28. The molecule has 0 bridgehead atoms. The summed E-state index contributed by atoms with van der Waals surface area (Å²) in [5, 5.41) is 24.2. The number of ether oxygens (including phenoxy) is 2. The zero-order valence-electron chi connectivity index (χ0n) is 11.8. The molecule has 2 atom stereocenters.